The first-order chi connectivity index (χ1) is 9.17. The topological polar surface area (TPSA) is 58.2 Å². The van der Waals surface area contributed by atoms with Crippen LogP contribution in [0.2, 0.25) is 0 Å². The van der Waals surface area contributed by atoms with E-state index in [9.17, 15) is 8.42 Å². The van der Waals surface area contributed by atoms with Gasteiger partial charge in [0.25, 0.3) is 0 Å². The molecule has 0 saturated heterocycles. The highest BCUT2D eigenvalue weighted by molar-refractivity contribution is 7.88. The summed E-state index contributed by atoms with van der Waals surface area (Å²) in [5.74, 6) is 0. The van der Waals surface area contributed by atoms with Crippen molar-refractivity contribution in [3.63, 3.8) is 0 Å². The van der Waals surface area contributed by atoms with Crippen molar-refractivity contribution in [1.29, 1.82) is 0 Å². The van der Waals surface area contributed by atoms with Crippen LogP contribution in [-0.4, -0.2) is 27.8 Å². The zero-order valence-electron chi connectivity index (χ0n) is 12.8. The van der Waals surface area contributed by atoms with Gasteiger partial charge in [-0.2, -0.15) is 0 Å². The number of nitrogens with one attached hydrogen (secondary N) is 2. The van der Waals surface area contributed by atoms with Gasteiger partial charge in [0.15, 0.2) is 0 Å². The highest BCUT2D eigenvalue weighted by Crippen LogP contribution is 2.29. The number of rotatable bonds is 7. The molecule has 0 radical (unpaired) electrons. The van der Waals surface area contributed by atoms with Crippen molar-refractivity contribution in [2.24, 2.45) is 5.41 Å². The molecule has 1 unspecified atom stereocenters. The van der Waals surface area contributed by atoms with E-state index in [1.165, 1.54) is 11.8 Å². The van der Waals surface area contributed by atoms with Crippen molar-refractivity contribution in [1.82, 2.24) is 10.0 Å². The van der Waals surface area contributed by atoms with E-state index in [1.54, 1.807) is 0 Å². The Morgan fingerprint density at radius 1 is 1.10 bits per heavy atom. The van der Waals surface area contributed by atoms with Crippen LogP contribution in [0, 0.1) is 5.41 Å². The summed E-state index contributed by atoms with van der Waals surface area (Å²) < 4.78 is 24.6. The Morgan fingerprint density at radius 2 is 1.70 bits per heavy atom. The molecule has 0 aliphatic rings. The fourth-order valence-corrected chi connectivity index (χ4v) is 2.56. The quantitative estimate of drug-likeness (QED) is 0.759. The van der Waals surface area contributed by atoms with Gasteiger partial charge in [0.05, 0.1) is 6.26 Å². The van der Waals surface area contributed by atoms with Gasteiger partial charge in [-0.05, 0) is 17.4 Å². The Balaban J connectivity index is 2.60. The summed E-state index contributed by atoms with van der Waals surface area (Å²) >= 11 is 0. The van der Waals surface area contributed by atoms with Gasteiger partial charge in [0.2, 0.25) is 10.0 Å². The van der Waals surface area contributed by atoms with Crippen LogP contribution >= 0.6 is 0 Å². The summed E-state index contributed by atoms with van der Waals surface area (Å²) in [5, 5.41) is 3.44. The maximum absolute atomic E-state index is 11.0. The molecule has 2 N–H and O–H groups in total. The summed E-state index contributed by atoms with van der Waals surface area (Å²) in [4.78, 5) is 0. The molecule has 1 rings (SSSR count). The fourth-order valence-electron chi connectivity index (χ4n) is 2.09. The lowest BCUT2D eigenvalue weighted by molar-refractivity contribution is 0.312. The van der Waals surface area contributed by atoms with Crippen molar-refractivity contribution in [3.05, 3.63) is 35.9 Å². The van der Waals surface area contributed by atoms with Gasteiger partial charge in [0.1, 0.15) is 0 Å². The number of benzene rings is 1. The van der Waals surface area contributed by atoms with E-state index >= 15 is 0 Å². The summed E-state index contributed by atoms with van der Waals surface area (Å²) in [6, 6.07) is 10.5. The van der Waals surface area contributed by atoms with Crippen molar-refractivity contribution >= 4 is 10.0 Å². The molecule has 0 heterocycles. The molecule has 0 aliphatic heterocycles. The molecule has 20 heavy (non-hydrogen) atoms. The molecule has 0 bridgehead atoms. The molecule has 0 aliphatic carbocycles. The zero-order valence-corrected chi connectivity index (χ0v) is 13.6. The summed E-state index contributed by atoms with van der Waals surface area (Å²) in [7, 11) is -3.11. The first-order valence-electron chi connectivity index (χ1n) is 6.90. The molecule has 114 valence electrons. The van der Waals surface area contributed by atoms with E-state index in [-0.39, 0.29) is 11.5 Å². The average Bonchev–Trinajstić information content (AvgIpc) is 2.31. The fraction of sp³-hybridized carbons (Fsp3) is 0.600. The van der Waals surface area contributed by atoms with E-state index in [1.807, 2.05) is 18.2 Å². The Bertz CT molecular complexity index is 492. The molecular weight excluding hydrogens is 272 g/mol. The molecule has 0 fully saturated rings. The standard InChI is InChI=1S/C15H26N2O2S/c1-15(2,3)12-14(13-8-6-5-7-9-13)16-10-11-17-20(4,18)19/h5-9,14,16-17H,10-12H2,1-4H3. The van der Waals surface area contributed by atoms with Crippen molar-refractivity contribution in [3.8, 4) is 0 Å². The van der Waals surface area contributed by atoms with Crippen LogP contribution in [0.5, 0.6) is 0 Å². The molecule has 0 spiro atoms. The third kappa shape index (κ3) is 7.62. The highest BCUT2D eigenvalue weighted by Gasteiger charge is 2.19. The molecular formula is C15H26N2O2S. The Kier molecular flexibility index (Phi) is 6.17. The second-order valence-corrected chi connectivity index (χ2v) is 8.18. The van der Waals surface area contributed by atoms with Crippen LogP contribution in [-0.2, 0) is 10.0 Å². The van der Waals surface area contributed by atoms with Crippen LogP contribution in [0.3, 0.4) is 0 Å². The normalized spacial score (nSPS) is 14.2. The SMILES string of the molecule is CC(C)(C)CC(NCCNS(C)(=O)=O)c1ccccc1. The smallest absolute Gasteiger partial charge is 0.208 e. The molecule has 1 aromatic rings. The van der Waals surface area contributed by atoms with E-state index in [0.29, 0.717) is 13.1 Å². The van der Waals surface area contributed by atoms with Crippen molar-refractivity contribution in [2.75, 3.05) is 19.3 Å². The number of hydrogen-bond donors (Lipinski definition) is 2. The third-order valence-corrected chi connectivity index (χ3v) is 3.63. The van der Waals surface area contributed by atoms with Crippen molar-refractivity contribution < 1.29 is 8.42 Å². The van der Waals surface area contributed by atoms with Crippen LogP contribution in [0.1, 0.15) is 38.8 Å². The van der Waals surface area contributed by atoms with Crippen molar-refractivity contribution in [2.45, 2.75) is 33.2 Å². The second-order valence-electron chi connectivity index (χ2n) is 6.35. The molecule has 0 saturated carbocycles. The number of hydrogen-bond acceptors (Lipinski definition) is 3. The van der Waals surface area contributed by atoms with Gasteiger partial charge in [0, 0.05) is 19.1 Å². The largest absolute Gasteiger partial charge is 0.309 e. The second kappa shape index (κ2) is 7.20. The Morgan fingerprint density at radius 3 is 2.20 bits per heavy atom. The van der Waals surface area contributed by atoms with Crippen LogP contribution in [0.15, 0.2) is 30.3 Å². The minimum atomic E-state index is -3.11. The monoisotopic (exact) mass is 298 g/mol. The van der Waals surface area contributed by atoms with Crippen LogP contribution in [0.4, 0.5) is 0 Å². The summed E-state index contributed by atoms with van der Waals surface area (Å²) in [6.07, 6.45) is 2.17. The van der Waals surface area contributed by atoms with Crippen LogP contribution < -0.4 is 10.0 Å². The maximum atomic E-state index is 11.0. The minimum Gasteiger partial charge on any atom is -0.309 e. The maximum Gasteiger partial charge on any atom is 0.208 e. The lowest BCUT2D eigenvalue weighted by Crippen LogP contribution is -2.34. The van der Waals surface area contributed by atoms with Gasteiger partial charge in [-0.25, -0.2) is 13.1 Å². The van der Waals surface area contributed by atoms with Gasteiger partial charge in [-0.3, -0.25) is 0 Å². The van der Waals surface area contributed by atoms with Gasteiger partial charge in [-0.15, -0.1) is 0 Å². The lowest BCUT2D eigenvalue weighted by atomic mass is 9.85. The highest BCUT2D eigenvalue weighted by atomic mass is 32.2. The average molecular weight is 298 g/mol. The van der Waals surface area contributed by atoms with Crippen LogP contribution in [0.25, 0.3) is 0 Å². The summed E-state index contributed by atoms with van der Waals surface area (Å²) in [5.41, 5.74) is 1.44. The van der Waals surface area contributed by atoms with E-state index in [0.717, 1.165) is 6.42 Å². The van der Waals surface area contributed by atoms with E-state index in [2.05, 4.69) is 42.9 Å². The van der Waals surface area contributed by atoms with Gasteiger partial charge in [-0.1, -0.05) is 51.1 Å². The molecule has 0 amide bonds. The first-order valence-corrected chi connectivity index (χ1v) is 8.79. The minimum absolute atomic E-state index is 0.206. The predicted molar refractivity (Wildman–Crippen MR) is 84.1 cm³/mol. The first kappa shape index (κ1) is 17.1. The zero-order chi connectivity index (χ0) is 15.2. The number of sulfonamides is 1. The summed E-state index contributed by atoms with van der Waals surface area (Å²) in [6.45, 7) is 7.65. The van der Waals surface area contributed by atoms with E-state index < -0.39 is 10.0 Å². The molecule has 4 nitrogen and oxygen atoms in total. The molecule has 0 aromatic heterocycles. The van der Waals surface area contributed by atoms with Gasteiger partial charge >= 0.3 is 0 Å². The Labute approximate surface area is 123 Å². The molecule has 5 heteroatoms. The third-order valence-electron chi connectivity index (χ3n) is 2.90. The van der Waals surface area contributed by atoms with Gasteiger partial charge < -0.3 is 5.32 Å². The molecule has 1 aromatic carbocycles. The molecule has 1 atom stereocenters. The predicted octanol–water partition coefficient (Wildman–Crippen LogP) is 2.30. The Hall–Kier alpha value is -0.910. The van der Waals surface area contributed by atoms with E-state index in [4.69, 9.17) is 0 Å². The lowest BCUT2D eigenvalue weighted by Gasteiger charge is -2.27.